The topological polar surface area (TPSA) is 272 Å². The molecule has 292 valence electrons. The highest BCUT2D eigenvalue weighted by molar-refractivity contribution is 5.87. The first-order valence-electron chi connectivity index (χ1n) is 16.9. The molecule has 17 heteroatoms. The first-order chi connectivity index (χ1) is 25.7. The number of carbonyl (C=O) groups is 2. The molecule has 2 aliphatic heterocycles. The predicted octanol–water partition coefficient (Wildman–Crippen LogP) is 0.483. The lowest BCUT2D eigenvalue weighted by molar-refractivity contribution is -0.357. The van der Waals surface area contributed by atoms with Crippen molar-refractivity contribution in [1.29, 1.82) is 0 Å². The highest BCUT2D eigenvalue weighted by Crippen LogP contribution is 2.32. The minimum Gasteiger partial charge on any atom is -0.508 e. The molecule has 9 N–H and O–H groups in total. The van der Waals surface area contributed by atoms with Crippen molar-refractivity contribution in [3.8, 4) is 28.7 Å². The van der Waals surface area contributed by atoms with Crippen LogP contribution in [0, 0.1) is 0 Å². The molecular formula is C37H42O17. The standard InChI is InChI=1S/C37H42O17/c1-18-30(45)31(46)32(47)37(51-18)54-35-33(48)36(49-13-12-21-5-10-24(40)26(42)15-21)52-27(34(35)53-29(44)16-20-2-7-22(38)8-3-20)17-50-28(43)11-6-19-4-9-23(39)25(41)14-19/h2-11,14-15,18,27,30-42,45-48H,12-13,16-17H2,1H3. The van der Waals surface area contributed by atoms with Gasteiger partial charge in [-0.15, -0.1) is 0 Å². The van der Waals surface area contributed by atoms with Gasteiger partial charge in [0.2, 0.25) is 0 Å². The second kappa shape index (κ2) is 17.9. The number of aromatic hydroxyl groups is 5. The molecule has 5 rings (SSSR count). The van der Waals surface area contributed by atoms with Crippen LogP contribution >= 0.6 is 0 Å². The van der Waals surface area contributed by atoms with E-state index in [2.05, 4.69) is 0 Å². The van der Waals surface area contributed by atoms with E-state index < -0.39 is 85.7 Å². The van der Waals surface area contributed by atoms with Crippen LogP contribution in [0.3, 0.4) is 0 Å². The van der Waals surface area contributed by atoms with Crippen molar-refractivity contribution in [3.63, 3.8) is 0 Å². The zero-order chi connectivity index (χ0) is 39.1. The lowest BCUT2D eigenvalue weighted by Gasteiger charge is -2.46. The van der Waals surface area contributed by atoms with Gasteiger partial charge in [0.15, 0.2) is 41.7 Å². The van der Waals surface area contributed by atoms with E-state index in [0.29, 0.717) is 16.7 Å². The monoisotopic (exact) mass is 758 g/mol. The first kappa shape index (κ1) is 40.2. The first-order valence-corrected chi connectivity index (χ1v) is 16.9. The Labute approximate surface area is 308 Å². The number of phenolic OH excluding ortho intramolecular Hbond substituents is 5. The average Bonchev–Trinajstić information content (AvgIpc) is 3.14. The number of phenols is 5. The van der Waals surface area contributed by atoms with Gasteiger partial charge in [-0.1, -0.05) is 24.3 Å². The molecule has 0 radical (unpaired) electrons. The Morgan fingerprint density at radius 2 is 1.39 bits per heavy atom. The van der Waals surface area contributed by atoms with Crippen molar-refractivity contribution in [2.24, 2.45) is 0 Å². The van der Waals surface area contributed by atoms with Gasteiger partial charge in [-0.05, 0) is 72.5 Å². The molecule has 54 heavy (non-hydrogen) atoms. The minimum absolute atomic E-state index is 0.0386. The zero-order valence-corrected chi connectivity index (χ0v) is 28.8. The SMILES string of the molecule is CC1OC(OC2C(O)C(OCCc3ccc(O)c(O)c3)OC(COC(=O)C=Cc3ccc(O)c(O)c3)C2OC(=O)Cc2ccc(O)cc2)C(O)C(O)C1O. The summed E-state index contributed by atoms with van der Waals surface area (Å²) in [5.74, 6) is -3.28. The van der Waals surface area contributed by atoms with Crippen LogP contribution in [-0.2, 0) is 50.9 Å². The summed E-state index contributed by atoms with van der Waals surface area (Å²) < 4.78 is 34.6. The molecule has 2 fully saturated rings. The van der Waals surface area contributed by atoms with Crippen molar-refractivity contribution in [2.45, 2.75) is 81.2 Å². The summed E-state index contributed by atoms with van der Waals surface area (Å²) in [4.78, 5) is 26.1. The summed E-state index contributed by atoms with van der Waals surface area (Å²) in [5, 5.41) is 91.5. The minimum atomic E-state index is -1.83. The Morgan fingerprint density at radius 1 is 0.722 bits per heavy atom. The molecule has 3 aromatic rings. The molecular weight excluding hydrogens is 716 g/mol. The summed E-state index contributed by atoms with van der Waals surface area (Å²) >= 11 is 0. The number of aliphatic hydroxyl groups excluding tert-OH is 4. The molecule has 0 aliphatic carbocycles. The Hall–Kier alpha value is -4.98. The van der Waals surface area contributed by atoms with Crippen LogP contribution in [0.15, 0.2) is 66.7 Å². The van der Waals surface area contributed by atoms with Gasteiger partial charge in [-0.2, -0.15) is 0 Å². The molecule has 10 unspecified atom stereocenters. The van der Waals surface area contributed by atoms with E-state index in [9.17, 15) is 55.5 Å². The van der Waals surface area contributed by atoms with Gasteiger partial charge in [-0.3, -0.25) is 4.79 Å². The van der Waals surface area contributed by atoms with Gasteiger partial charge in [0.05, 0.1) is 19.1 Å². The van der Waals surface area contributed by atoms with Crippen molar-refractivity contribution in [1.82, 2.24) is 0 Å². The summed E-state index contributed by atoms with van der Waals surface area (Å²) in [5.41, 5.74) is 1.33. The van der Waals surface area contributed by atoms with E-state index in [1.165, 1.54) is 73.7 Å². The molecule has 0 aromatic heterocycles. The van der Waals surface area contributed by atoms with Gasteiger partial charge in [0.1, 0.15) is 49.0 Å². The number of carbonyl (C=O) groups excluding carboxylic acids is 2. The van der Waals surface area contributed by atoms with Crippen LogP contribution in [-0.4, -0.2) is 133 Å². The third-order valence-corrected chi connectivity index (χ3v) is 8.78. The smallest absolute Gasteiger partial charge is 0.330 e. The van der Waals surface area contributed by atoms with Crippen LogP contribution in [0.5, 0.6) is 28.7 Å². The lowest BCUT2D eigenvalue weighted by atomic mass is 9.96. The van der Waals surface area contributed by atoms with E-state index in [0.717, 1.165) is 6.08 Å². The van der Waals surface area contributed by atoms with Gasteiger partial charge >= 0.3 is 11.9 Å². The summed E-state index contributed by atoms with van der Waals surface area (Å²) in [7, 11) is 0. The van der Waals surface area contributed by atoms with E-state index in [4.69, 9.17) is 28.4 Å². The van der Waals surface area contributed by atoms with Crippen molar-refractivity contribution >= 4 is 18.0 Å². The Kier molecular flexibility index (Phi) is 13.3. The predicted molar refractivity (Wildman–Crippen MR) is 183 cm³/mol. The molecule has 10 atom stereocenters. The number of ether oxygens (including phenoxy) is 6. The Balaban J connectivity index is 1.40. The maximum Gasteiger partial charge on any atom is 0.330 e. The fraction of sp³-hybridized carbons (Fsp3) is 0.405. The van der Waals surface area contributed by atoms with Gasteiger partial charge < -0.3 is 74.4 Å². The molecule has 17 nitrogen and oxygen atoms in total. The Bertz CT molecular complexity index is 1760. The molecule has 2 heterocycles. The molecule has 2 saturated heterocycles. The number of rotatable bonds is 13. The summed E-state index contributed by atoms with van der Waals surface area (Å²) in [6.07, 6.45) is -13.6. The fourth-order valence-corrected chi connectivity index (χ4v) is 5.76. The van der Waals surface area contributed by atoms with Crippen molar-refractivity contribution < 1.29 is 84.0 Å². The van der Waals surface area contributed by atoms with Crippen LogP contribution in [0.1, 0.15) is 23.6 Å². The highest BCUT2D eigenvalue weighted by atomic mass is 16.7. The lowest BCUT2D eigenvalue weighted by Crippen LogP contribution is -2.65. The molecule has 0 bridgehead atoms. The maximum atomic E-state index is 13.3. The zero-order valence-electron chi connectivity index (χ0n) is 28.8. The average molecular weight is 759 g/mol. The van der Waals surface area contributed by atoms with Crippen LogP contribution in [0.4, 0.5) is 0 Å². The van der Waals surface area contributed by atoms with E-state index >= 15 is 0 Å². The molecule has 0 spiro atoms. The van der Waals surface area contributed by atoms with Gasteiger partial charge in [0, 0.05) is 6.08 Å². The second-order valence-corrected chi connectivity index (χ2v) is 12.8. The van der Waals surface area contributed by atoms with Crippen LogP contribution < -0.4 is 0 Å². The normalized spacial score (nSPS) is 28.5. The number of aliphatic hydroxyl groups is 4. The Morgan fingerprint density at radius 3 is 2.07 bits per heavy atom. The van der Waals surface area contributed by atoms with Gasteiger partial charge in [0.25, 0.3) is 0 Å². The molecule has 2 aliphatic rings. The molecule has 3 aromatic carbocycles. The largest absolute Gasteiger partial charge is 0.508 e. The second-order valence-electron chi connectivity index (χ2n) is 12.8. The van der Waals surface area contributed by atoms with E-state index in [-0.39, 0.29) is 42.4 Å². The summed E-state index contributed by atoms with van der Waals surface area (Å²) in [6, 6.07) is 13.7. The molecule has 0 amide bonds. The number of esters is 2. The van der Waals surface area contributed by atoms with Crippen molar-refractivity contribution in [3.05, 3.63) is 83.4 Å². The number of hydrogen-bond acceptors (Lipinski definition) is 17. The quantitative estimate of drug-likeness (QED) is 0.0652. The van der Waals surface area contributed by atoms with Crippen molar-refractivity contribution in [2.75, 3.05) is 13.2 Å². The maximum absolute atomic E-state index is 13.3. The van der Waals surface area contributed by atoms with E-state index in [1.54, 1.807) is 0 Å². The molecule has 0 saturated carbocycles. The third kappa shape index (κ3) is 10.2. The highest BCUT2D eigenvalue weighted by Gasteiger charge is 2.52. The van der Waals surface area contributed by atoms with Crippen LogP contribution in [0.25, 0.3) is 6.08 Å². The van der Waals surface area contributed by atoms with Gasteiger partial charge in [-0.25, -0.2) is 4.79 Å². The van der Waals surface area contributed by atoms with E-state index in [1.807, 2.05) is 0 Å². The number of hydrogen-bond donors (Lipinski definition) is 9. The third-order valence-electron chi connectivity index (χ3n) is 8.78. The fourth-order valence-electron chi connectivity index (χ4n) is 5.76. The van der Waals surface area contributed by atoms with Crippen LogP contribution in [0.2, 0.25) is 0 Å². The number of benzene rings is 3. The summed E-state index contributed by atoms with van der Waals surface area (Å²) in [6.45, 7) is 0.655.